The Kier molecular flexibility index (Phi) is 2.83. The number of carbonyl (C=O) groups is 1. The van der Waals surface area contributed by atoms with E-state index >= 15 is 0 Å². The number of amides is 1. The molecule has 2 aromatic rings. The van der Waals surface area contributed by atoms with Crippen molar-refractivity contribution >= 4 is 16.8 Å². The molecule has 82 valence electrons. The van der Waals surface area contributed by atoms with E-state index in [-0.39, 0.29) is 0 Å². The number of nitrogens with one attached hydrogen (secondary N) is 1. The van der Waals surface area contributed by atoms with E-state index in [1.54, 1.807) is 24.4 Å². The van der Waals surface area contributed by atoms with Gasteiger partial charge in [-0.15, -0.1) is 0 Å². The van der Waals surface area contributed by atoms with E-state index in [9.17, 15) is 9.90 Å². The Labute approximate surface area is 92.9 Å². The zero-order chi connectivity index (χ0) is 11.5. The monoisotopic (exact) mass is 216 g/mol. The molecular weight excluding hydrogens is 204 g/mol. The molecule has 0 radical (unpaired) electrons. The molecule has 1 heterocycles. The fraction of sp³-hybridized carbons (Fsp3) is 0.167. The minimum Gasteiger partial charge on any atom is -0.378 e. The number of rotatable bonds is 2. The van der Waals surface area contributed by atoms with Gasteiger partial charge in [0.15, 0.2) is 6.10 Å². The van der Waals surface area contributed by atoms with Crippen LogP contribution in [0.25, 0.3) is 10.9 Å². The summed E-state index contributed by atoms with van der Waals surface area (Å²) in [6, 6.07) is 8.96. The Morgan fingerprint density at radius 3 is 2.94 bits per heavy atom. The van der Waals surface area contributed by atoms with Gasteiger partial charge in [0.2, 0.25) is 0 Å². The zero-order valence-corrected chi connectivity index (χ0v) is 8.84. The lowest BCUT2D eigenvalue weighted by atomic mass is 10.0. The number of fused-ring (bicyclic) bond motifs is 1. The molecule has 0 aliphatic carbocycles. The second-order valence-electron chi connectivity index (χ2n) is 3.43. The van der Waals surface area contributed by atoms with Crippen molar-refractivity contribution in [1.82, 2.24) is 10.3 Å². The first-order valence-corrected chi connectivity index (χ1v) is 4.97. The summed E-state index contributed by atoms with van der Waals surface area (Å²) in [7, 11) is 1.49. The fourth-order valence-electron chi connectivity index (χ4n) is 1.64. The third-order valence-corrected chi connectivity index (χ3v) is 2.47. The van der Waals surface area contributed by atoms with Crippen molar-refractivity contribution < 1.29 is 9.90 Å². The van der Waals surface area contributed by atoms with Gasteiger partial charge in [0, 0.05) is 18.6 Å². The number of likely N-dealkylation sites (N-methyl/N-ethyl adjacent to an activating group) is 1. The number of aliphatic hydroxyl groups excluding tert-OH is 1. The summed E-state index contributed by atoms with van der Waals surface area (Å²) in [6.45, 7) is 0. The molecule has 0 bridgehead atoms. The highest BCUT2D eigenvalue weighted by Gasteiger charge is 2.17. The van der Waals surface area contributed by atoms with Crippen molar-refractivity contribution in [3.63, 3.8) is 0 Å². The van der Waals surface area contributed by atoms with Gasteiger partial charge in [-0.05, 0) is 17.7 Å². The number of hydrogen-bond acceptors (Lipinski definition) is 3. The highest BCUT2D eigenvalue weighted by Crippen LogP contribution is 2.22. The normalized spacial score (nSPS) is 12.4. The van der Waals surface area contributed by atoms with Gasteiger partial charge in [-0.25, -0.2) is 0 Å². The van der Waals surface area contributed by atoms with E-state index in [0.29, 0.717) is 5.56 Å². The van der Waals surface area contributed by atoms with Gasteiger partial charge in [-0.1, -0.05) is 18.2 Å². The number of pyridine rings is 1. The van der Waals surface area contributed by atoms with E-state index in [1.807, 2.05) is 12.1 Å². The first kappa shape index (κ1) is 10.6. The van der Waals surface area contributed by atoms with Crippen molar-refractivity contribution in [2.75, 3.05) is 7.05 Å². The number of nitrogens with zero attached hydrogens (tertiary/aromatic N) is 1. The van der Waals surface area contributed by atoms with Crippen molar-refractivity contribution in [1.29, 1.82) is 0 Å². The van der Waals surface area contributed by atoms with E-state index < -0.39 is 12.0 Å². The topological polar surface area (TPSA) is 62.2 Å². The summed E-state index contributed by atoms with van der Waals surface area (Å²) < 4.78 is 0. The molecule has 4 nitrogen and oxygen atoms in total. The standard InChI is InChI=1S/C12H12N2O2/c1-13-12(16)11(15)9-4-2-6-10-8(9)5-3-7-14-10/h2-7,11,15H,1H3,(H,13,16). The van der Waals surface area contributed by atoms with Crippen LogP contribution in [0.2, 0.25) is 0 Å². The average Bonchev–Trinajstić information content (AvgIpc) is 2.36. The summed E-state index contributed by atoms with van der Waals surface area (Å²) in [5.41, 5.74) is 1.34. The van der Waals surface area contributed by atoms with Crippen molar-refractivity contribution in [2.24, 2.45) is 0 Å². The lowest BCUT2D eigenvalue weighted by molar-refractivity contribution is -0.129. The van der Waals surface area contributed by atoms with Gasteiger partial charge in [-0.3, -0.25) is 9.78 Å². The minimum atomic E-state index is -1.15. The molecule has 0 saturated heterocycles. The Morgan fingerprint density at radius 1 is 1.38 bits per heavy atom. The smallest absolute Gasteiger partial charge is 0.253 e. The largest absolute Gasteiger partial charge is 0.378 e. The Bertz CT molecular complexity index is 520. The molecule has 0 saturated carbocycles. The first-order chi connectivity index (χ1) is 7.74. The summed E-state index contributed by atoms with van der Waals surface area (Å²) in [4.78, 5) is 15.5. The molecule has 0 aliphatic heterocycles. The lowest BCUT2D eigenvalue weighted by Crippen LogP contribution is -2.25. The number of carbonyl (C=O) groups excluding carboxylic acids is 1. The van der Waals surface area contributed by atoms with E-state index in [1.165, 1.54) is 7.05 Å². The molecule has 1 unspecified atom stereocenters. The van der Waals surface area contributed by atoms with E-state index in [0.717, 1.165) is 10.9 Å². The number of aromatic nitrogens is 1. The van der Waals surface area contributed by atoms with Crippen LogP contribution in [0.1, 0.15) is 11.7 Å². The highest BCUT2D eigenvalue weighted by molar-refractivity contribution is 5.90. The molecule has 1 aromatic heterocycles. The van der Waals surface area contributed by atoms with Crippen LogP contribution in [0, 0.1) is 0 Å². The maximum atomic E-state index is 11.4. The van der Waals surface area contributed by atoms with Crippen molar-refractivity contribution in [3.05, 3.63) is 42.1 Å². The van der Waals surface area contributed by atoms with Gasteiger partial charge in [0.05, 0.1) is 5.52 Å². The molecule has 0 fully saturated rings. The van der Waals surface area contributed by atoms with Crippen LogP contribution in [0.5, 0.6) is 0 Å². The van der Waals surface area contributed by atoms with Gasteiger partial charge in [-0.2, -0.15) is 0 Å². The third kappa shape index (κ3) is 1.75. The van der Waals surface area contributed by atoms with Crippen LogP contribution >= 0.6 is 0 Å². The van der Waals surface area contributed by atoms with Gasteiger partial charge in [0.1, 0.15) is 0 Å². The summed E-state index contributed by atoms with van der Waals surface area (Å²) >= 11 is 0. The molecule has 0 spiro atoms. The lowest BCUT2D eigenvalue weighted by Gasteiger charge is -2.11. The fourth-order valence-corrected chi connectivity index (χ4v) is 1.64. The molecule has 1 atom stereocenters. The second-order valence-corrected chi connectivity index (χ2v) is 3.43. The van der Waals surface area contributed by atoms with Gasteiger partial charge in [0.25, 0.3) is 5.91 Å². The molecule has 1 amide bonds. The van der Waals surface area contributed by atoms with Crippen molar-refractivity contribution in [3.8, 4) is 0 Å². The van der Waals surface area contributed by atoms with Gasteiger partial charge < -0.3 is 10.4 Å². The Balaban J connectivity index is 2.56. The maximum Gasteiger partial charge on any atom is 0.253 e. The predicted molar refractivity (Wildman–Crippen MR) is 60.8 cm³/mol. The van der Waals surface area contributed by atoms with Crippen LogP contribution in [0.15, 0.2) is 36.5 Å². The SMILES string of the molecule is CNC(=O)C(O)c1cccc2ncccc12. The maximum absolute atomic E-state index is 11.4. The van der Waals surface area contributed by atoms with Crippen molar-refractivity contribution in [2.45, 2.75) is 6.10 Å². The second kappa shape index (κ2) is 4.28. The Hall–Kier alpha value is -1.94. The summed E-state index contributed by atoms with van der Waals surface area (Å²) in [5.74, 6) is -0.420. The van der Waals surface area contributed by atoms with Crippen LogP contribution in [-0.2, 0) is 4.79 Å². The number of benzene rings is 1. The molecule has 16 heavy (non-hydrogen) atoms. The van der Waals surface area contributed by atoms with Crippen LogP contribution in [0.3, 0.4) is 0 Å². The predicted octanol–water partition coefficient (Wildman–Crippen LogP) is 1.01. The number of hydrogen-bond donors (Lipinski definition) is 2. The molecule has 2 N–H and O–H groups in total. The minimum absolute atomic E-state index is 0.420. The summed E-state index contributed by atoms with van der Waals surface area (Å²) in [6.07, 6.45) is 0.524. The zero-order valence-electron chi connectivity index (χ0n) is 8.84. The Morgan fingerprint density at radius 2 is 2.19 bits per heavy atom. The molecular formula is C12H12N2O2. The quantitative estimate of drug-likeness (QED) is 0.787. The molecule has 2 rings (SSSR count). The van der Waals surface area contributed by atoms with E-state index in [4.69, 9.17) is 0 Å². The molecule has 4 heteroatoms. The van der Waals surface area contributed by atoms with Gasteiger partial charge >= 0.3 is 0 Å². The van der Waals surface area contributed by atoms with E-state index in [2.05, 4.69) is 10.3 Å². The highest BCUT2D eigenvalue weighted by atomic mass is 16.3. The van der Waals surface area contributed by atoms with Crippen LogP contribution < -0.4 is 5.32 Å². The molecule has 1 aromatic carbocycles. The first-order valence-electron chi connectivity index (χ1n) is 4.97. The van der Waals surface area contributed by atoms with Crippen LogP contribution in [0.4, 0.5) is 0 Å². The third-order valence-electron chi connectivity index (χ3n) is 2.47. The summed E-state index contributed by atoms with van der Waals surface area (Å²) in [5, 5.41) is 13.1. The number of aliphatic hydroxyl groups is 1. The average molecular weight is 216 g/mol. The molecule has 0 aliphatic rings. The van der Waals surface area contributed by atoms with Crippen LogP contribution in [-0.4, -0.2) is 23.0 Å².